The summed E-state index contributed by atoms with van der Waals surface area (Å²) >= 11 is 0. The van der Waals surface area contributed by atoms with Crippen LogP contribution in [0.5, 0.6) is 0 Å². The Morgan fingerprint density at radius 3 is 2.80 bits per heavy atom. The minimum absolute atomic E-state index is 0.383. The number of aliphatic hydroxyl groups is 1. The molecule has 84 valence electrons. The molecular weight excluding hydrogens is 192 g/mol. The smallest absolute Gasteiger partial charge is 0.138 e. The van der Waals surface area contributed by atoms with Gasteiger partial charge in [0.2, 0.25) is 0 Å². The van der Waals surface area contributed by atoms with Gasteiger partial charge in [0.25, 0.3) is 0 Å². The van der Waals surface area contributed by atoms with Crippen LogP contribution in [0.1, 0.15) is 26.7 Å². The van der Waals surface area contributed by atoms with Crippen molar-refractivity contribution in [1.29, 1.82) is 0 Å². The first-order valence-electron chi connectivity index (χ1n) is 5.33. The van der Waals surface area contributed by atoms with Crippen LogP contribution in [0.3, 0.4) is 0 Å². The Labute approximate surface area is 90.4 Å². The standard InChI is InChI=1S/C12H18O3/c1-4-9(2)12(13)7-10(14-3)5-6-11(12)8-15-11/h4,7,13H,5-6,8H2,1-3H3/b9-4-. The number of hydrogen-bond donors (Lipinski definition) is 1. The molecule has 2 aliphatic rings. The van der Waals surface area contributed by atoms with Gasteiger partial charge in [-0.05, 0) is 31.9 Å². The van der Waals surface area contributed by atoms with Gasteiger partial charge in [0.15, 0.2) is 0 Å². The molecule has 2 rings (SSSR count). The van der Waals surface area contributed by atoms with Crippen LogP contribution >= 0.6 is 0 Å². The molecule has 1 fully saturated rings. The zero-order valence-electron chi connectivity index (χ0n) is 9.54. The maximum atomic E-state index is 10.7. The van der Waals surface area contributed by atoms with Gasteiger partial charge >= 0.3 is 0 Å². The van der Waals surface area contributed by atoms with Crippen LogP contribution in [0.2, 0.25) is 0 Å². The Morgan fingerprint density at radius 2 is 2.33 bits per heavy atom. The first kappa shape index (κ1) is 10.7. The van der Waals surface area contributed by atoms with Crippen LogP contribution in [0.4, 0.5) is 0 Å². The third kappa shape index (κ3) is 1.42. The van der Waals surface area contributed by atoms with Gasteiger partial charge in [-0.1, -0.05) is 6.08 Å². The summed E-state index contributed by atoms with van der Waals surface area (Å²) in [5, 5.41) is 10.7. The van der Waals surface area contributed by atoms with Gasteiger partial charge in [0, 0.05) is 6.42 Å². The Morgan fingerprint density at radius 1 is 1.67 bits per heavy atom. The molecule has 1 aliphatic carbocycles. The largest absolute Gasteiger partial charge is 0.501 e. The Kier molecular flexibility index (Phi) is 2.40. The maximum Gasteiger partial charge on any atom is 0.138 e. The van der Waals surface area contributed by atoms with Crippen LogP contribution in [0, 0.1) is 0 Å². The summed E-state index contributed by atoms with van der Waals surface area (Å²) in [6, 6.07) is 0. The molecule has 2 unspecified atom stereocenters. The molecule has 1 saturated heterocycles. The van der Waals surface area contributed by atoms with Gasteiger partial charge in [0.1, 0.15) is 11.2 Å². The average Bonchev–Trinajstić information content (AvgIpc) is 3.03. The van der Waals surface area contributed by atoms with Crippen molar-refractivity contribution in [3.8, 4) is 0 Å². The second kappa shape index (κ2) is 3.35. The fraction of sp³-hybridized carbons (Fsp3) is 0.667. The van der Waals surface area contributed by atoms with E-state index in [1.807, 2.05) is 19.9 Å². The van der Waals surface area contributed by atoms with Gasteiger partial charge in [0.05, 0.1) is 19.5 Å². The molecule has 0 bridgehead atoms. The van der Waals surface area contributed by atoms with E-state index >= 15 is 0 Å². The molecule has 0 aromatic rings. The van der Waals surface area contributed by atoms with E-state index in [9.17, 15) is 5.11 Å². The van der Waals surface area contributed by atoms with Gasteiger partial charge in [-0.25, -0.2) is 0 Å². The lowest BCUT2D eigenvalue weighted by molar-refractivity contribution is 0.0154. The first-order valence-corrected chi connectivity index (χ1v) is 5.33. The Hall–Kier alpha value is -0.800. The fourth-order valence-electron chi connectivity index (χ4n) is 2.26. The van der Waals surface area contributed by atoms with Crippen molar-refractivity contribution in [2.24, 2.45) is 0 Å². The van der Waals surface area contributed by atoms with E-state index in [-0.39, 0.29) is 5.60 Å². The molecule has 0 saturated carbocycles. The summed E-state index contributed by atoms with van der Waals surface area (Å²) in [5.41, 5.74) is -0.439. The fourth-order valence-corrected chi connectivity index (χ4v) is 2.26. The monoisotopic (exact) mass is 210 g/mol. The van der Waals surface area contributed by atoms with Crippen molar-refractivity contribution in [2.75, 3.05) is 13.7 Å². The lowest BCUT2D eigenvalue weighted by Gasteiger charge is -2.36. The highest BCUT2D eigenvalue weighted by atomic mass is 16.6. The highest BCUT2D eigenvalue weighted by Crippen LogP contribution is 2.50. The van der Waals surface area contributed by atoms with E-state index in [0.717, 1.165) is 24.2 Å². The Bertz CT molecular complexity index is 326. The predicted molar refractivity (Wildman–Crippen MR) is 57.4 cm³/mol. The van der Waals surface area contributed by atoms with Gasteiger partial charge in [-0.15, -0.1) is 0 Å². The molecule has 0 aromatic carbocycles. The lowest BCUT2D eigenvalue weighted by atomic mass is 9.75. The molecule has 15 heavy (non-hydrogen) atoms. The van der Waals surface area contributed by atoms with E-state index in [1.54, 1.807) is 13.2 Å². The third-order valence-corrected chi connectivity index (χ3v) is 3.63. The SMILES string of the molecule is C/C=C(/C)C1(O)C=C(OC)CCC12CO2. The lowest BCUT2D eigenvalue weighted by Crippen LogP contribution is -2.47. The number of rotatable bonds is 2. The van der Waals surface area contributed by atoms with E-state index in [4.69, 9.17) is 9.47 Å². The van der Waals surface area contributed by atoms with Crippen LogP contribution in [0.15, 0.2) is 23.5 Å². The molecule has 2 atom stereocenters. The molecular formula is C12H18O3. The molecule has 0 aromatic heterocycles. The number of allylic oxidation sites excluding steroid dienone is 2. The Balaban J connectivity index is 2.40. The van der Waals surface area contributed by atoms with Crippen LogP contribution < -0.4 is 0 Å². The van der Waals surface area contributed by atoms with E-state index in [1.165, 1.54) is 0 Å². The topological polar surface area (TPSA) is 42.0 Å². The number of epoxide rings is 1. The minimum atomic E-state index is -0.981. The quantitative estimate of drug-likeness (QED) is 0.558. The van der Waals surface area contributed by atoms with E-state index in [0.29, 0.717) is 6.61 Å². The van der Waals surface area contributed by atoms with Crippen molar-refractivity contribution < 1.29 is 14.6 Å². The minimum Gasteiger partial charge on any atom is -0.501 e. The molecule has 3 nitrogen and oxygen atoms in total. The van der Waals surface area contributed by atoms with Crippen molar-refractivity contribution in [3.63, 3.8) is 0 Å². The number of methoxy groups -OCH3 is 1. The zero-order valence-corrected chi connectivity index (χ0v) is 9.54. The molecule has 0 radical (unpaired) electrons. The van der Waals surface area contributed by atoms with Crippen molar-refractivity contribution in [3.05, 3.63) is 23.5 Å². The molecule has 1 aliphatic heterocycles. The van der Waals surface area contributed by atoms with Gasteiger partial charge in [-0.3, -0.25) is 0 Å². The summed E-state index contributed by atoms with van der Waals surface area (Å²) < 4.78 is 10.7. The van der Waals surface area contributed by atoms with Crippen molar-refractivity contribution in [2.45, 2.75) is 37.9 Å². The van der Waals surface area contributed by atoms with E-state index < -0.39 is 5.60 Å². The zero-order chi connectivity index (χ0) is 11.1. The van der Waals surface area contributed by atoms with Crippen LogP contribution in [-0.2, 0) is 9.47 Å². The molecule has 1 N–H and O–H groups in total. The maximum absolute atomic E-state index is 10.7. The average molecular weight is 210 g/mol. The summed E-state index contributed by atoms with van der Waals surface area (Å²) in [6.45, 7) is 4.50. The highest BCUT2D eigenvalue weighted by molar-refractivity contribution is 5.37. The summed E-state index contributed by atoms with van der Waals surface area (Å²) in [4.78, 5) is 0. The second-order valence-electron chi connectivity index (χ2n) is 4.34. The number of ether oxygens (including phenoxy) is 2. The van der Waals surface area contributed by atoms with Gasteiger partial charge in [-0.2, -0.15) is 0 Å². The molecule has 1 spiro atoms. The normalized spacial score (nSPS) is 40.3. The second-order valence-corrected chi connectivity index (χ2v) is 4.34. The van der Waals surface area contributed by atoms with Gasteiger partial charge < -0.3 is 14.6 Å². The highest BCUT2D eigenvalue weighted by Gasteiger charge is 2.62. The number of hydrogen-bond acceptors (Lipinski definition) is 3. The van der Waals surface area contributed by atoms with Crippen LogP contribution in [0.25, 0.3) is 0 Å². The first-order chi connectivity index (χ1) is 7.08. The van der Waals surface area contributed by atoms with Crippen molar-refractivity contribution >= 4 is 0 Å². The predicted octanol–water partition coefficient (Wildman–Crippen LogP) is 1.78. The van der Waals surface area contributed by atoms with Crippen molar-refractivity contribution in [1.82, 2.24) is 0 Å². The summed E-state index contributed by atoms with van der Waals surface area (Å²) in [6.07, 6.45) is 5.40. The molecule has 3 heteroatoms. The molecule has 0 amide bonds. The van der Waals surface area contributed by atoms with Crippen LogP contribution in [-0.4, -0.2) is 30.0 Å². The summed E-state index contributed by atoms with van der Waals surface area (Å²) in [7, 11) is 1.64. The van der Waals surface area contributed by atoms with E-state index in [2.05, 4.69) is 0 Å². The third-order valence-electron chi connectivity index (χ3n) is 3.63. The molecule has 1 heterocycles. The summed E-state index contributed by atoms with van der Waals surface area (Å²) in [5.74, 6) is 0.847.